The van der Waals surface area contributed by atoms with Crippen LogP contribution in [0.2, 0.25) is 0 Å². The lowest BCUT2D eigenvalue weighted by molar-refractivity contribution is 0.766. The Morgan fingerprint density at radius 2 is 0.696 bits per heavy atom. The Kier molecular flexibility index (Phi) is 7.14. The molecule has 0 aliphatic rings. The Morgan fingerprint density at radius 1 is 0.326 bits per heavy atom. The summed E-state index contributed by atoms with van der Waals surface area (Å²) in [6.45, 7) is 0. The molecule has 4 heteroatoms. The number of anilines is 3. The summed E-state index contributed by atoms with van der Waals surface area (Å²) in [6.07, 6.45) is 0. The van der Waals surface area contributed by atoms with Crippen molar-refractivity contribution < 1.29 is 0 Å². The Morgan fingerprint density at radius 3 is 1.17 bits per heavy atom. The number of fused-ring (bicyclic) bond motifs is 1. The molecule has 0 bridgehead atoms. The van der Waals surface area contributed by atoms with Gasteiger partial charge in [0, 0.05) is 17.1 Å². The Bertz CT molecular complexity index is 2120. The van der Waals surface area contributed by atoms with Gasteiger partial charge in [0.2, 0.25) is 0 Å². The van der Waals surface area contributed by atoms with E-state index in [1.165, 1.54) is 22.3 Å². The van der Waals surface area contributed by atoms with Gasteiger partial charge in [-0.25, -0.2) is 0 Å². The van der Waals surface area contributed by atoms with Crippen LogP contribution >= 0.6 is 0 Å². The summed E-state index contributed by atoms with van der Waals surface area (Å²) < 4.78 is 0. The van der Waals surface area contributed by atoms with Gasteiger partial charge in [0.25, 0.3) is 0 Å². The molecular formula is C42H30N4. The second-order valence-electron chi connectivity index (χ2n) is 11.2. The minimum Gasteiger partial charge on any atom is -0.311 e. The molecule has 0 saturated carbocycles. The van der Waals surface area contributed by atoms with Crippen molar-refractivity contribution >= 4 is 28.1 Å². The lowest BCUT2D eigenvalue weighted by Gasteiger charge is -2.26. The van der Waals surface area contributed by atoms with Crippen LogP contribution in [0.1, 0.15) is 0 Å². The van der Waals surface area contributed by atoms with Crippen LogP contribution < -0.4 is 4.90 Å². The van der Waals surface area contributed by atoms with Crippen molar-refractivity contribution in [1.29, 1.82) is 0 Å². The lowest BCUT2D eigenvalue weighted by Crippen LogP contribution is -2.09. The number of hydrogen-bond acceptors (Lipinski definition) is 3. The first-order valence-electron chi connectivity index (χ1n) is 15.4. The molecule has 0 radical (unpaired) electrons. The molecule has 7 aromatic carbocycles. The third-order valence-electron chi connectivity index (χ3n) is 8.29. The number of para-hydroxylation sites is 1. The molecule has 0 aliphatic heterocycles. The minimum absolute atomic E-state index is 0.865. The first-order valence-corrected chi connectivity index (χ1v) is 15.4. The Hall–Kier alpha value is -6.26. The van der Waals surface area contributed by atoms with Crippen LogP contribution in [0, 0.1) is 0 Å². The molecule has 8 aromatic rings. The van der Waals surface area contributed by atoms with Gasteiger partial charge in [-0.05, 0) is 94.0 Å². The molecule has 1 heterocycles. The number of rotatable bonds is 7. The van der Waals surface area contributed by atoms with Gasteiger partial charge in [-0.15, -0.1) is 10.2 Å². The monoisotopic (exact) mass is 590 g/mol. The second-order valence-corrected chi connectivity index (χ2v) is 11.2. The molecule has 0 N–H and O–H groups in total. The molecule has 0 saturated heterocycles. The maximum atomic E-state index is 4.75. The van der Waals surface area contributed by atoms with Crippen LogP contribution in [-0.4, -0.2) is 15.0 Å². The molecule has 4 nitrogen and oxygen atoms in total. The molecule has 218 valence electrons. The van der Waals surface area contributed by atoms with E-state index in [9.17, 15) is 0 Å². The maximum Gasteiger partial charge on any atom is 0.114 e. The zero-order valence-electron chi connectivity index (χ0n) is 25.1. The van der Waals surface area contributed by atoms with Gasteiger partial charge in [0.05, 0.1) is 5.69 Å². The van der Waals surface area contributed by atoms with E-state index in [-0.39, 0.29) is 0 Å². The average molecular weight is 591 g/mol. The van der Waals surface area contributed by atoms with E-state index in [2.05, 4.69) is 156 Å². The van der Waals surface area contributed by atoms with Gasteiger partial charge in [-0.2, -0.15) is 4.80 Å². The van der Waals surface area contributed by atoms with E-state index in [1.54, 1.807) is 4.80 Å². The van der Waals surface area contributed by atoms with Crippen molar-refractivity contribution in [2.45, 2.75) is 0 Å². The summed E-state index contributed by atoms with van der Waals surface area (Å²) in [7, 11) is 0. The van der Waals surface area contributed by atoms with Gasteiger partial charge < -0.3 is 4.90 Å². The van der Waals surface area contributed by atoms with Crippen molar-refractivity contribution in [3.05, 3.63) is 182 Å². The molecule has 0 atom stereocenters. The number of nitrogens with zero attached hydrogens (tertiary/aromatic N) is 4. The summed E-state index contributed by atoms with van der Waals surface area (Å²) in [5.41, 5.74) is 13.0. The maximum absolute atomic E-state index is 4.75. The smallest absolute Gasteiger partial charge is 0.114 e. The molecular weight excluding hydrogens is 560 g/mol. The summed E-state index contributed by atoms with van der Waals surface area (Å²) in [5.74, 6) is 0. The van der Waals surface area contributed by atoms with Gasteiger partial charge in [0.15, 0.2) is 0 Å². The summed E-state index contributed by atoms with van der Waals surface area (Å²) in [5, 5.41) is 9.42. The first-order chi connectivity index (χ1) is 22.8. The fraction of sp³-hybridized carbons (Fsp3) is 0. The first kappa shape index (κ1) is 27.3. The molecule has 0 amide bonds. The van der Waals surface area contributed by atoms with Crippen molar-refractivity contribution in [2.75, 3.05) is 4.90 Å². The van der Waals surface area contributed by atoms with E-state index in [0.717, 1.165) is 44.9 Å². The van der Waals surface area contributed by atoms with Crippen LogP contribution in [0.15, 0.2) is 182 Å². The number of hydrogen-bond donors (Lipinski definition) is 0. The quantitative estimate of drug-likeness (QED) is 0.185. The normalized spacial score (nSPS) is 11.0. The SMILES string of the molecule is c1ccc(-c2ccc(N(c3ccc(-c4ccccc4)cc3)c3ccc(-c4ccc5nn(-c6ccccc6)nc5c4)cc3)cc2)cc1. The molecule has 0 spiro atoms. The second kappa shape index (κ2) is 12.0. The topological polar surface area (TPSA) is 34.0 Å². The van der Waals surface area contributed by atoms with E-state index < -0.39 is 0 Å². The third kappa shape index (κ3) is 5.44. The highest BCUT2D eigenvalue weighted by atomic mass is 15.5. The fourth-order valence-corrected chi connectivity index (χ4v) is 5.89. The Balaban J connectivity index is 1.14. The van der Waals surface area contributed by atoms with Gasteiger partial charge in [0.1, 0.15) is 11.0 Å². The molecule has 0 unspecified atom stereocenters. The highest BCUT2D eigenvalue weighted by molar-refractivity contribution is 5.84. The third-order valence-corrected chi connectivity index (χ3v) is 8.29. The Labute approximate surface area is 268 Å². The van der Waals surface area contributed by atoms with Crippen LogP contribution in [0.4, 0.5) is 17.1 Å². The number of aromatic nitrogens is 3. The van der Waals surface area contributed by atoms with Crippen molar-refractivity contribution in [3.8, 4) is 39.1 Å². The van der Waals surface area contributed by atoms with Crippen molar-refractivity contribution in [1.82, 2.24) is 15.0 Å². The van der Waals surface area contributed by atoms with E-state index in [4.69, 9.17) is 5.10 Å². The molecule has 8 rings (SSSR count). The zero-order chi connectivity index (χ0) is 30.7. The van der Waals surface area contributed by atoms with Crippen LogP contribution in [0.5, 0.6) is 0 Å². The predicted octanol–water partition coefficient (Wildman–Crippen LogP) is 10.9. The average Bonchev–Trinajstić information content (AvgIpc) is 3.58. The van der Waals surface area contributed by atoms with Gasteiger partial charge >= 0.3 is 0 Å². The zero-order valence-corrected chi connectivity index (χ0v) is 25.1. The lowest BCUT2D eigenvalue weighted by atomic mass is 10.0. The predicted molar refractivity (Wildman–Crippen MR) is 190 cm³/mol. The van der Waals surface area contributed by atoms with Crippen LogP contribution in [0.3, 0.4) is 0 Å². The molecule has 1 aromatic heterocycles. The molecule has 0 aliphatic carbocycles. The van der Waals surface area contributed by atoms with E-state index in [1.807, 2.05) is 36.4 Å². The molecule has 46 heavy (non-hydrogen) atoms. The van der Waals surface area contributed by atoms with Crippen molar-refractivity contribution in [2.24, 2.45) is 0 Å². The van der Waals surface area contributed by atoms with Crippen molar-refractivity contribution in [3.63, 3.8) is 0 Å². The summed E-state index contributed by atoms with van der Waals surface area (Å²) in [4.78, 5) is 4.00. The highest BCUT2D eigenvalue weighted by Gasteiger charge is 2.14. The minimum atomic E-state index is 0.865. The summed E-state index contributed by atoms with van der Waals surface area (Å²) in [6, 6.07) is 63.6. The number of benzene rings is 7. The fourth-order valence-electron chi connectivity index (χ4n) is 5.89. The van der Waals surface area contributed by atoms with E-state index >= 15 is 0 Å². The van der Waals surface area contributed by atoms with Gasteiger partial charge in [-0.3, -0.25) is 0 Å². The molecule has 0 fully saturated rings. The van der Waals surface area contributed by atoms with E-state index in [0.29, 0.717) is 0 Å². The van der Waals surface area contributed by atoms with Crippen LogP contribution in [-0.2, 0) is 0 Å². The largest absolute Gasteiger partial charge is 0.311 e. The summed E-state index contributed by atoms with van der Waals surface area (Å²) >= 11 is 0. The van der Waals surface area contributed by atoms with Gasteiger partial charge in [-0.1, -0.05) is 121 Å². The van der Waals surface area contributed by atoms with Crippen LogP contribution in [0.25, 0.3) is 50.1 Å². The standard InChI is InChI=1S/C42H30N4/c1-4-10-31(11-5-1)33-16-23-37(24-17-33)45(38-25-18-34(19-26-38)32-12-6-2-7-13-32)39-27-20-35(21-28-39)36-22-29-41-42(30-36)44-46(43-41)40-14-8-3-9-15-40/h1-30H. The highest BCUT2D eigenvalue weighted by Crippen LogP contribution is 2.37.